The highest BCUT2D eigenvalue weighted by Gasteiger charge is 2.23. The number of rotatable bonds is 4. The Labute approximate surface area is 133 Å². The molecule has 1 heterocycles. The van der Waals surface area contributed by atoms with Gasteiger partial charge in [-0.15, -0.1) is 0 Å². The molecule has 1 aromatic carbocycles. The van der Waals surface area contributed by atoms with Crippen LogP contribution in [0.5, 0.6) is 11.5 Å². The number of hydrogen-bond acceptors (Lipinski definition) is 8. The number of aromatic amines is 1. The summed E-state index contributed by atoms with van der Waals surface area (Å²) in [6.45, 7) is 0. The van der Waals surface area contributed by atoms with Crippen molar-refractivity contribution in [3.05, 3.63) is 38.2 Å². The molecule has 2 aromatic rings. The van der Waals surface area contributed by atoms with Gasteiger partial charge in [0.15, 0.2) is 10.9 Å². The van der Waals surface area contributed by atoms with Crippen LogP contribution in [0.15, 0.2) is 22.1 Å². The van der Waals surface area contributed by atoms with Gasteiger partial charge in [0, 0.05) is 11.6 Å². The lowest BCUT2D eigenvalue weighted by atomic mass is 10.1. The van der Waals surface area contributed by atoms with Gasteiger partial charge in [-0.2, -0.15) is 5.26 Å². The van der Waals surface area contributed by atoms with Crippen molar-refractivity contribution >= 4 is 17.4 Å². The first-order chi connectivity index (χ1) is 10.9. The summed E-state index contributed by atoms with van der Waals surface area (Å²) in [6.07, 6.45) is 1.67. The second-order valence-electron chi connectivity index (χ2n) is 4.21. The van der Waals surface area contributed by atoms with Crippen molar-refractivity contribution in [1.29, 1.82) is 5.26 Å². The Balaban J connectivity index is 2.84. The van der Waals surface area contributed by atoms with Crippen LogP contribution >= 0.6 is 11.8 Å². The summed E-state index contributed by atoms with van der Waals surface area (Å²) in [5, 5.41) is 30.2. The van der Waals surface area contributed by atoms with Gasteiger partial charge in [-0.25, -0.2) is 4.98 Å². The molecule has 0 radical (unpaired) electrons. The minimum absolute atomic E-state index is 0.0259. The summed E-state index contributed by atoms with van der Waals surface area (Å²) < 4.78 is 4.90. The highest BCUT2D eigenvalue weighted by Crippen LogP contribution is 2.40. The fourth-order valence-corrected chi connectivity index (χ4v) is 2.26. The normalized spacial score (nSPS) is 10.1. The zero-order chi connectivity index (χ0) is 17.1. The van der Waals surface area contributed by atoms with Crippen LogP contribution in [0.2, 0.25) is 0 Å². The molecule has 0 fully saturated rings. The van der Waals surface area contributed by atoms with Crippen molar-refractivity contribution < 1.29 is 14.8 Å². The summed E-state index contributed by atoms with van der Waals surface area (Å²) in [5.41, 5.74) is -1.47. The molecular weight excluding hydrogens is 324 g/mol. The predicted molar refractivity (Wildman–Crippen MR) is 81.7 cm³/mol. The van der Waals surface area contributed by atoms with Crippen molar-refractivity contribution in [1.82, 2.24) is 9.97 Å². The summed E-state index contributed by atoms with van der Waals surface area (Å²) in [5.74, 6) is -0.805. The molecular formula is C13H10N4O5S. The van der Waals surface area contributed by atoms with E-state index in [4.69, 9.17) is 10.00 Å². The van der Waals surface area contributed by atoms with E-state index in [1.54, 1.807) is 12.3 Å². The van der Waals surface area contributed by atoms with Crippen molar-refractivity contribution in [2.24, 2.45) is 0 Å². The first kappa shape index (κ1) is 16.3. The number of benzene rings is 1. The number of hydrogen-bond donors (Lipinski definition) is 2. The molecule has 2 rings (SSSR count). The number of H-pyrrole nitrogens is 1. The second kappa shape index (κ2) is 6.37. The minimum atomic E-state index is -0.796. The van der Waals surface area contributed by atoms with Crippen LogP contribution in [0.1, 0.15) is 5.56 Å². The molecule has 0 aliphatic carbocycles. The SMILES string of the molecule is COc1cc(-c2nc(SC)[nH]c(=O)c2C#N)cc([N+](=O)[O-])c1O. The molecule has 0 unspecified atom stereocenters. The second-order valence-corrected chi connectivity index (χ2v) is 5.01. The number of nitro groups is 1. The number of aromatic nitrogens is 2. The van der Waals surface area contributed by atoms with Gasteiger partial charge >= 0.3 is 5.69 Å². The molecule has 0 amide bonds. The smallest absolute Gasteiger partial charge is 0.315 e. The number of thioether (sulfide) groups is 1. The molecule has 2 N–H and O–H groups in total. The van der Waals surface area contributed by atoms with Gasteiger partial charge in [0.25, 0.3) is 5.56 Å². The van der Waals surface area contributed by atoms with Gasteiger partial charge in [-0.3, -0.25) is 14.9 Å². The monoisotopic (exact) mass is 334 g/mol. The quantitative estimate of drug-likeness (QED) is 0.372. The molecule has 0 bridgehead atoms. The van der Waals surface area contributed by atoms with Gasteiger partial charge in [0.05, 0.1) is 17.7 Å². The number of nitro benzene ring substituents is 1. The molecule has 10 heteroatoms. The Morgan fingerprint density at radius 3 is 2.74 bits per heavy atom. The Hall–Kier alpha value is -3.06. The standard InChI is InChI=1S/C13H10N4O5S/c1-22-9-4-6(3-8(11(9)18)17(20)21)10-7(5-14)12(19)16-13(15-10)23-2/h3-4,18H,1-2H3,(H,15,16,19). The summed E-state index contributed by atoms with van der Waals surface area (Å²) in [4.78, 5) is 28.7. The number of ether oxygens (including phenoxy) is 1. The van der Waals surface area contributed by atoms with E-state index in [1.807, 2.05) is 0 Å². The molecule has 0 spiro atoms. The van der Waals surface area contributed by atoms with Gasteiger partial charge in [-0.05, 0) is 12.3 Å². The average molecular weight is 334 g/mol. The Kier molecular flexibility index (Phi) is 4.52. The molecule has 0 aliphatic heterocycles. The van der Waals surface area contributed by atoms with E-state index in [2.05, 4.69) is 9.97 Å². The number of methoxy groups -OCH3 is 1. The first-order valence-electron chi connectivity index (χ1n) is 6.07. The summed E-state index contributed by atoms with van der Waals surface area (Å²) in [7, 11) is 1.23. The Morgan fingerprint density at radius 1 is 1.52 bits per heavy atom. The molecule has 0 saturated heterocycles. The highest BCUT2D eigenvalue weighted by molar-refractivity contribution is 7.98. The lowest BCUT2D eigenvalue weighted by Crippen LogP contribution is -2.14. The van der Waals surface area contributed by atoms with E-state index in [9.17, 15) is 20.0 Å². The van der Waals surface area contributed by atoms with Crippen LogP contribution < -0.4 is 10.3 Å². The number of nitrogens with zero attached hydrogens (tertiary/aromatic N) is 3. The van der Waals surface area contributed by atoms with E-state index < -0.39 is 21.9 Å². The molecule has 118 valence electrons. The fraction of sp³-hybridized carbons (Fsp3) is 0.154. The van der Waals surface area contributed by atoms with E-state index in [-0.39, 0.29) is 27.7 Å². The molecule has 0 aliphatic rings. The van der Waals surface area contributed by atoms with Crippen LogP contribution in [0.3, 0.4) is 0 Å². The maximum absolute atomic E-state index is 11.9. The molecule has 1 aromatic heterocycles. The molecule has 9 nitrogen and oxygen atoms in total. The highest BCUT2D eigenvalue weighted by atomic mass is 32.2. The van der Waals surface area contributed by atoms with Gasteiger partial charge < -0.3 is 14.8 Å². The van der Waals surface area contributed by atoms with Crippen molar-refractivity contribution in [2.45, 2.75) is 5.16 Å². The van der Waals surface area contributed by atoms with Crippen molar-refractivity contribution in [3.63, 3.8) is 0 Å². The Morgan fingerprint density at radius 2 is 2.22 bits per heavy atom. The molecule has 0 saturated carbocycles. The number of phenolic OH excluding ortho intramolecular Hbond substituents is 1. The predicted octanol–water partition coefficient (Wildman–Crippen LogP) is 1.65. The summed E-state index contributed by atoms with van der Waals surface area (Å²) >= 11 is 1.14. The largest absolute Gasteiger partial charge is 0.500 e. The number of aromatic hydroxyl groups is 1. The van der Waals surface area contributed by atoms with E-state index in [0.29, 0.717) is 0 Å². The first-order valence-corrected chi connectivity index (χ1v) is 7.29. The maximum atomic E-state index is 11.9. The van der Waals surface area contributed by atoms with Crippen LogP contribution in [0.4, 0.5) is 5.69 Å². The third kappa shape index (κ3) is 2.95. The van der Waals surface area contributed by atoms with E-state index in [0.717, 1.165) is 17.8 Å². The van der Waals surface area contributed by atoms with Gasteiger partial charge in [0.1, 0.15) is 11.6 Å². The molecule has 0 atom stereocenters. The lowest BCUT2D eigenvalue weighted by molar-refractivity contribution is -0.385. The minimum Gasteiger partial charge on any atom is -0.500 e. The topological polar surface area (TPSA) is 142 Å². The molecule has 23 heavy (non-hydrogen) atoms. The Bertz CT molecular complexity index is 887. The average Bonchev–Trinajstić information content (AvgIpc) is 2.53. The third-order valence-electron chi connectivity index (χ3n) is 2.95. The van der Waals surface area contributed by atoms with Crippen molar-refractivity contribution in [2.75, 3.05) is 13.4 Å². The maximum Gasteiger partial charge on any atom is 0.315 e. The number of nitriles is 1. The van der Waals surface area contributed by atoms with Crippen LogP contribution in [-0.2, 0) is 0 Å². The lowest BCUT2D eigenvalue weighted by Gasteiger charge is -2.09. The number of nitrogens with one attached hydrogen (secondary N) is 1. The van der Waals surface area contributed by atoms with Crippen LogP contribution in [-0.4, -0.2) is 33.4 Å². The fourth-order valence-electron chi connectivity index (χ4n) is 1.89. The third-order valence-corrected chi connectivity index (χ3v) is 3.53. The van der Waals surface area contributed by atoms with Gasteiger partial charge in [-0.1, -0.05) is 11.8 Å². The van der Waals surface area contributed by atoms with Gasteiger partial charge in [0.2, 0.25) is 5.75 Å². The zero-order valence-electron chi connectivity index (χ0n) is 12.0. The van der Waals surface area contributed by atoms with E-state index in [1.165, 1.54) is 13.2 Å². The van der Waals surface area contributed by atoms with Crippen LogP contribution in [0, 0.1) is 21.4 Å². The van der Waals surface area contributed by atoms with E-state index >= 15 is 0 Å². The van der Waals surface area contributed by atoms with Crippen LogP contribution in [0.25, 0.3) is 11.3 Å². The summed E-state index contributed by atoms with van der Waals surface area (Å²) in [6, 6.07) is 4.03. The van der Waals surface area contributed by atoms with Crippen molar-refractivity contribution in [3.8, 4) is 28.8 Å². The zero-order valence-corrected chi connectivity index (χ0v) is 12.8. The number of phenols is 1.